The molecule has 12 aromatic rings. The van der Waals surface area contributed by atoms with E-state index < -0.39 is 11.6 Å². The van der Waals surface area contributed by atoms with Crippen LogP contribution in [-0.2, 0) is 0 Å². The molecule has 0 atom stereocenters. The summed E-state index contributed by atoms with van der Waals surface area (Å²) in [5, 5.41) is 0. The van der Waals surface area contributed by atoms with E-state index in [1.54, 1.807) is 12.4 Å². The zero-order valence-electron chi connectivity index (χ0n) is 40.1. The van der Waals surface area contributed by atoms with Crippen LogP contribution in [0.4, 0.5) is 8.78 Å². The van der Waals surface area contributed by atoms with Crippen molar-refractivity contribution in [3.8, 4) is 123 Å². The first-order valence-corrected chi connectivity index (χ1v) is 24.6. The lowest BCUT2D eigenvalue weighted by molar-refractivity contribution is 0.509. The van der Waals surface area contributed by atoms with Crippen LogP contribution >= 0.6 is 0 Å². The van der Waals surface area contributed by atoms with Crippen molar-refractivity contribution in [3.05, 3.63) is 285 Å². The molecule has 3 heterocycles. The van der Waals surface area contributed by atoms with E-state index in [0.717, 1.165) is 112 Å². The lowest BCUT2D eigenvalue weighted by atomic mass is 9.84. The molecule has 0 fully saturated rings. The second-order valence-corrected chi connectivity index (χ2v) is 18.2. The van der Waals surface area contributed by atoms with E-state index >= 15 is 8.78 Å². The number of nitrogens with zero attached hydrogens (tertiary/aromatic N) is 3. The Hall–Kier alpha value is -9.71. The molecule has 74 heavy (non-hydrogen) atoms. The summed E-state index contributed by atoms with van der Waals surface area (Å²) in [7, 11) is 0. The Morgan fingerprint density at radius 1 is 0.189 bits per heavy atom. The van der Waals surface area contributed by atoms with Crippen LogP contribution in [0, 0.1) is 11.6 Å². The van der Waals surface area contributed by atoms with Crippen molar-refractivity contribution in [3.63, 3.8) is 0 Å². The van der Waals surface area contributed by atoms with Gasteiger partial charge in [0.15, 0.2) is 11.6 Å². The molecule has 0 aliphatic carbocycles. The molecule has 5 heteroatoms. The highest BCUT2D eigenvalue weighted by Gasteiger charge is 2.20. The molecule has 0 radical (unpaired) electrons. The maximum atomic E-state index is 15.9. The Kier molecular flexibility index (Phi) is 12.4. The Labute approximate surface area is 429 Å². The normalized spacial score (nSPS) is 11.1. The van der Waals surface area contributed by atoms with Crippen molar-refractivity contribution < 1.29 is 8.78 Å². The highest BCUT2D eigenvalue weighted by atomic mass is 19.2. The molecule has 9 aromatic carbocycles. The van der Waals surface area contributed by atoms with Crippen molar-refractivity contribution in [2.45, 2.75) is 0 Å². The number of aromatic nitrogens is 3. The Bertz CT molecular complexity index is 3920. The van der Waals surface area contributed by atoms with E-state index in [4.69, 9.17) is 4.98 Å². The standard InChI is InChI=1S/C69H45F2N3/c70-65-44-63(50-29-33-52(34-30-50)68-21-9-12-38-73-68)64(45-66(65)71)56-41-54(58-17-5-4-16-57(58)48-27-31-51(32-28-48)67-20-8-11-37-72-67)40-55(42-56)59-18-6-7-19-60(59)61-36-35-53(69-22-10-13-39-74-69)43-62(61)49-25-23-47(24-26-49)46-14-2-1-3-15-46/h1-45H. The molecule has 0 amide bonds. The fourth-order valence-electron chi connectivity index (χ4n) is 9.97. The average Bonchev–Trinajstić information content (AvgIpc) is 3.48. The third-order valence-electron chi connectivity index (χ3n) is 13.7. The fraction of sp³-hybridized carbons (Fsp3) is 0. The highest BCUT2D eigenvalue weighted by Crippen LogP contribution is 2.45. The van der Waals surface area contributed by atoms with Gasteiger partial charge in [0.05, 0.1) is 17.1 Å². The van der Waals surface area contributed by atoms with Crippen LogP contribution in [0.25, 0.3) is 123 Å². The maximum absolute atomic E-state index is 15.9. The predicted molar refractivity (Wildman–Crippen MR) is 300 cm³/mol. The molecule has 0 unspecified atom stereocenters. The summed E-state index contributed by atoms with van der Waals surface area (Å²) in [5.41, 5.74) is 20.4. The SMILES string of the molecule is Fc1cc(-c2ccc(-c3ccccn3)cc2)c(-c2cc(-c3ccccc3-c3ccc(-c4ccccn4)cc3)cc(-c3ccccc3-c3ccc(-c4ccccn4)cc3-c3ccc(-c4ccccc4)cc3)c2)cc1F. The summed E-state index contributed by atoms with van der Waals surface area (Å²) in [4.78, 5) is 13.8. The molecule has 0 saturated carbocycles. The first kappa shape index (κ1) is 45.4. The van der Waals surface area contributed by atoms with Crippen LogP contribution in [0.5, 0.6) is 0 Å². The number of pyridine rings is 3. The molecule has 0 N–H and O–H groups in total. The van der Waals surface area contributed by atoms with E-state index in [0.29, 0.717) is 11.1 Å². The van der Waals surface area contributed by atoms with Gasteiger partial charge in [-0.25, -0.2) is 8.78 Å². The van der Waals surface area contributed by atoms with Crippen LogP contribution in [-0.4, -0.2) is 15.0 Å². The first-order valence-electron chi connectivity index (χ1n) is 24.6. The lowest BCUT2D eigenvalue weighted by Gasteiger charge is -2.19. The van der Waals surface area contributed by atoms with Crippen LogP contribution in [0.3, 0.4) is 0 Å². The third-order valence-corrected chi connectivity index (χ3v) is 13.7. The number of hydrogen-bond donors (Lipinski definition) is 0. The van der Waals surface area contributed by atoms with Gasteiger partial charge in [0.2, 0.25) is 0 Å². The van der Waals surface area contributed by atoms with Gasteiger partial charge in [-0.1, -0.05) is 182 Å². The summed E-state index contributed by atoms with van der Waals surface area (Å²) in [6.45, 7) is 0. The van der Waals surface area contributed by atoms with E-state index in [2.05, 4.69) is 162 Å². The van der Waals surface area contributed by atoms with Crippen molar-refractivity contribution in [1.82, 2.24) is 15.0 Å². The van der Waals surface area contributed by atoms with Crippen molar-refractivity contribution in [1.29, 1.82) is 0 Å². The number of halogens is 2. The smallest absolute Gasteiger partial charge is 0.159 e. The minimum atomic E-state index is -0.925. The topological polar surface area (TPSA) is 38.7 Å². The van der Waals surface area contributed by atoms with Crippen LogP contribution in [0.1, 0.15) is 0 Å². The molecule has 0 aliphatic rings. The Morgan fingerprint density at radius 2 is 0.500 bits per heavy atom. The summed E-state index contributed by atoms with van der Waals surface area (Å²) >= 11 is 0. The highest BCUT2D eigenvalue weighted by molar-refractivity contribution is 5.97. The molecule has 12 rings (SSSR count). The summed E-state index contributed by atoms with van der Waals surface area (Å²) < 4.78 is 31.6. The average molecular weight is 954 g/mol. The molecule has 0 bridgehead atoms. The van der Waals surface area contributed by atoms with Crippen LogP contribution < -0.4 is 0 Å². The minimum Gasteiger partial charge on any atom is -0.256 e. The number of rotatable bonds is 11. The third kappa shape index (κ3) is 9.22. The number of benzene rings is 9. The van der Waals surface area contributed by atoms with Gasteiger partial charge < -0.3 is 0 Å². The van der Waals surface area contributed by atoms with E-state index in [1.165, 1.54) is 12.1 Å². The summed E-state index contributed by atoms with van der Waals surface area (Å²) in [5.74, 6) is -1.84. The lowest BCUT2D eigenvalue weighted by Crippen LogP contribution is -1.95. The summed E-state index contributed by atoms with van der Waals surface area (Å²) in [6.07, 6.45) is 5.39. The first-order chi connectivity index (χ1) is 36.5. The van der Waals surface area contributed by atoms with Crippen molar-refractivity contribution >= 4 is 0 Å². The van der Waals surface area contributed by atoms with Crippen molar-refractivity contribution in [2.24, 2.45) is 0 Å². The van der Waals surface area contributed by atoms with Crippen molar-refractivity contribution in [2.75, 3.05) is 0 Å². The zero-order chi connectivity index (χ0) is 49.8. The van der Waals surface area contributed by atoms with Gasteiger partial charge in [0.25, 0.3) is 0 Å². The quantitative estimate of drug-likeness (QED) is 0.130. The van der Waals surface area contributed by atoms with E-state index in [-0.39, 0.29) is 0 Å². The molecule has 0 saturated heterocycles. The van der Waals surface area contributed by atoms with Gasteiger partial charge in [0.1, 0.15) is 0 Å². The second-order valence-electron chi connectivity index (χ2n) is 18.2. The zero-order valence-corrected chi connectivity index (χ0v) is 40.1. The molecule has 350 valence electrons. The predicted octanol–water partition coefficient (Wildman–Crippen LogP) is 18.5. The Morgan fingerprint density at radius 3 is 0.986 bits per heavy atom. The van der Waals surface area contributed by atoms with Crippen LogP contribution in [0.2, 0.25) is 0 Å². The van der Waals surface area contributed by atoms with Gasteiger partial charge in [-0.3, -0.25) is 15.0 Å². The molecular weight excluding hydrogens is 909 g/mol. The van der Waals surface area contributed by atoms with Gasteiger partial charge in [-0.15, -0.1) is 0 Å². The Balaban J connectivity index is 1.05. The molecular formula is C69H45F2N3. The monoisotopic (exact) mass is 953 g/mol. The van der Waals surface area contributed by atoms with Gasteiger partial charge >= 0.3 is 0 Å². The second kappa shape index (κ2) is 20.2. The molecule has 0 spiro atoms. The van der Waals surface area contributed by atoms with Gasteiger partial charge in [-0.05, 0) is 162 Å². The van der Waals surface area contributed by atoms with Crippen LogP contribution in [0.15, 0.2) is 273 Å². The fourth-order valence-corrected chi connectivity index (χ4v) is 9.97. The molecule has 3 nitrogen and oxygen atoms in total. The summed E-state index contributed by atoms with van der Waals surface area (Å²) in [6, 6.07) is 85.6. The number of hydrogen-bond acceptors (Lipinski definition) is 3. The van der Waals surface area contributed by atoms with Gasteiger partial charge in [0, 0.05) is 35.3 Å². The molecule has 0 aliphatic heterocycles. The van der Waals surface area contributed by atoms with Gasteiger partial charge in [-0.2, -0.15) is 0 Å². The van der Waals surface area contributed by atoms with E-state index in [9.17, 15) is 0 Å². The minimum absolute atomic E-state index is 0.561. The van der Waals surface area contributed by atoms with E-state index in [1.807, 2.05) is 97.2 Å². The molecule has 3 aromatic heterocycles. The maximum Gasteiger partial charge on any atom is 0.159 e. The largest absolute Gasteiger partial charge is 0.256 e.